The van der Waals surface area contributed by atoms with Crippen LogP contribution in [0.4, 0.5) is 5.69 Å². The van der Waals surface area contributed by atoms with E-state index >= 15 is 0 Å². The highest BCUT2D eigenvalue weighted by Gasteiger charge is 2.07. The Kier molecular flexibility index (Phi) is 4.14. The maximum absolute atomic E-state index is 5.71. The van der Waals surface area contributed by atoms with Crippen molar-refractivity contribution in [2.75, 3.05) is 5.73 Å². The van der Waals surface area contributed by atoms with Crippen LogP contribution >= 0.6 is 0 Å². The van der Waals surface area contributed by atoms with Gasteiger partial charge in [0.25, 0.3) is 0 Å². The van der Waals surface area contributed by atoms with Crippen molar-refractivity contribution in [3.05, 3.63) is 71.0 Å². The number of benzene rings is 2. The molecule has 1 heterocycles. The molecule has 0 spiro atoms. The van der Waals surface area contributed by atoms with E-state index in [0.29, 0.717) is 6.54 Å². The first-order chi connectivity index (χ1) is 10.7. The van der Waals surface area contributed by atoms with Gasteiger partial charge in [-0.1, -0.05) is 42.0 Å². The van der Waals surface area contributed by atoms with Crippen molar-refractivity contribution in [1.29, 1.82) is 0 Å². The third-order valence-electron chi connectivity index (χ3n) is 3.68. The van der Waals surface area contributed by atoms with E-state index in [0.717, 1.165) is 29.9 Å². The Bertz CT molecular complexity index is 729. The number of nitrogen functional groups attached to an aromatic ring is 1. The van der Waals surface area contributed by atoms with E-state index < -0.39 is 0 Å². The minimum Gasteiger partial charge on any atom is -0.399 e. The number of aromatic nitrogens is 4. The fourth-order valence-corrected chi connectivity index (χ4v) is 2.33. The first-order valence-electron chi connectivity index (χ1n) is 7.36. The van der Waals surface area contributed by atoms with Crippen LogP contribution < -0.4 is 5.73 Å². The molecule has 0 aliphatic carbocycles. The van der Waals surface area contributed by atoms with Crippen LogP contribution in [-0.4, -0.2) is 20.2 Å². The van der Waals surface area contributed by atoms with E-state index in [2.05, 4.69) is 46.7 Å². The number of tetrazole rings is 1. The molecular formula is C17H19N5. The van der Waals surface area contributed by atoms with Crippen molar-refractivity contribution in [1.82, 2.24) is 20.2 Å². The molecule has 2 N–H and O–H groups in total. The lowest BCUT2D eigenvalue weighted by molar-refractivity contribution is 0.615. The molecule has 22 heavy (non-hydrogen) atoms. The van der Waals surface area contributed by atoms with Crippen LogP contribution in [0, 0.1) is 6.92 Å². The molecule has 0 saturated heterocycles. The topological polar surface area (TPSA) is 69.6 Å². The molecule has 5 nitrogen and oxygen atoms in total. The minimum atomic E-state index is 0.663. The van der Waals surface area contributed by atoms with Crippen molar-refractivity contribution in [2.24, 2.45) is 0 Å². The van der Waals surface area contributed by atoms with E-state index in [1.807, 2.05) is 28.9 Å². The van der Waals surface area contributed by atoms with Crippen LogP contribution in [0.25, 0.3) is 0 Å². The Hall–Kier alpha value is -2.69. The van der Waals surface area contributed by atoms with Gasteiger partial charge < -0.3 is 5.73 Å². The van der Waals surface area contributed by atoms with Gasteiger partial charge in [-0.2, -0.15) is 0 Å². The Morgan fingerprint density at radius 1 is 0.909 bits per heavy atom. The summed E-state index contributed by atoms with van der Waals surface area (Å²) in [5.74, 6) is 0.900. The summed E-state index contributed by atoms with van der Waals surface area (Å²) in [4.78, 5) is 0. The summed E-state index contributed by atoms with van der Waals surface area (Å²) in [6.07, 6.45) is 1.76. The minimum absolute atomic E-state index is 0.663. The van der Waals surface area contributed by atoms with Crippen LogP contribution in [-0.2, 0) is 19.4 Å². The third-order valence-corrected chi connectivity index (χ3v) is 3.68. The van der Waals surface area contributed by atoms with E-state index in [-0.39, 0.29) is 0 Å². The van der Waals surface area contributed by atoms with Crippen molar-refractivity contribution < 1.29 is 0 Å². The van der Waals surface area contributed by atoms with E-state index in [1.165, 1.54) is 11.1 Å². The number of hydrogen-bond acceptors (Lipinski definition) is 4. The second-order valence-electron chi connectivity index (χ2n) is 5.48. The maximum Gasteiger partial charge on any atom is 0.151 e. The summed E-state index contributed by atoms with van der Waals surface area (Å²) in [6.45, 7) is 2.76. The van der Waals surface area contributed by atoms with Crippen molar-refractivity contribution in [2.45, 2.75) is 26.3 Å². The molecule has 3 rings (SSSR count). The second kappa shape index (κ2) is 6.39. The molecule has 0 amide bonds. The van der Waals surface area contributed by atoms with Gasteiger partial charge in [-0.3, -0.25) is 0 Å². The molecule has 3 aromatic rings. The van der Waals surface area contributed by atoms with Crippen molar-refractivity contribution in [3.63, 3.8) is 0 Å². The van der Waals surface area contributed by atoms with Gasteiger partial charge in [0.15, 0.2) is 5.82 Å². The third kappa shape index (κ3) is 3.49. The average molecular weight is 293 g/mol. The number of anilines is 1. The lowest BCUT2D eigenvalue weighted by Crippen LogP contribution is -2.08. The zero-order valence-corrected chi connectivity index (χ0v) is 12.6. The zero-order chi connectivity index (χ0) is 15.4. The quantitative estimate of drug-likeness (QED) is 0.733. The molecule has 0 aliphatic heterocycles. The highest BCUT2D eigenvalue weighted by Crippen LogP contribution is 2.10. The monoisotopic (exact) mass is 293 g/mol. The summed E-state index contributed by atoms with van der Waals surface area (Å²) in [5, 5.41) is 12.0. The predicted octanol–water partition coefficient (Wildman–Crippen LogP) is 2.40. The fourth-order valence-electron chi connectivity index (χ4n) is 2.33. The summed E-state index contributed by atoms with van der Waals surface area (Å²) in [5.41, 5.74) is 10.2. The molecule has 112 valence electrons. The van der Waals surface area contributed by atoms with Gasteiger partial charge in [-0.05, 0) is 47.0 Å². The molecule has 0 unspecified atom stereocenters. The van der Waals surface area contributed by atoms with Gasteiger partial charge >= 0.3 is 0 Å². The van der Waals surface area contributed by atoms with Gasteiger partial charge in [0, 0.05) is 12.1 Å². The van der Waals surface area contributed by atoms with Gasteiger partial charge in [-0.15, -0.1) is 5.10 Å². The van der Waals surface area contributed by atoms with Gasteiger partial charge in [-0.25, -0.2) is 4.68 Å². The molecule has 0 bridgehead atoms. The van der Waals surface area contributed by atoms with Gasteiger partial charge in [0.1, 0.15) is 0 Å². The molecule has 0 atom stereocenters. The molecule has 1 aromatic heterocycles. The van der Waals surface area contributed by atoms with Crippen LogP contribution in [0.1, 0.15) is 22.5 Å². The molecule has 0 aliphatic rings. The molecule has 0 saturated carbocycles. The number of hydrogen-bond donors (Lipinski definition) is 1. The molecule has 5 heteroatoms. The number of nitrogens with two attached hydrogens (primary N) is 1. The van der Waals surface area contributed by atoms with E-state index in [9.17, 15) is 0 Å². The first-order valence-corrected chi connectivity index (χ1v) is 7.36. The Morgan fingerprint density at radius 2 is 1.59 bits per heavy atom. The summed E-state index contributed by atoms with van der Waals surface area (Å²) < 4.78 is 1.85. The standard InChI is InChI=1S/C17H19N5/c1-13-2-4-14(5-3-13)8-11-17-19-20-21-22(17)12-15-6-9-16(18)10-7-15/h2-7,9-10H,8,11-12,18H2,1H3. The molecular weight excluding hydrogens is 274 g/mol. The van der Waals surface area contributed by atoms with Crippen LogP contribution in [0.2, 0.25) is 0 Å². The van der Waals surface area contributed by atoms with E-state index in [4.69, 9.17) is 5.73 Å². The van der Waals surface area contributed by atoms with Crippen molar-refractivity contribution >= 4 is 5.69 Å². The van der Waals surface area contributed by atoms with Crippen LogP contribution in [0.15, 0.2) is 48.5 Å². The highest BCUT2D eigenvalue weighted by atomic mass is 15.5. The normalized spacial score (nSPS) is 10.8. The number of rotatable bonds is 5. The molecule has 2 aromatic carbocycles. The van der Waals surface area contributed by atoms with E-state index in [1.54, 1.807) is 0 Å². The largest absolute Gasteiger partial charge is 0.399 e. The summed E-state index contributed by atoms with van der Waals surface area (Å²) in [7, 11) is 0. The lowest BCUT2D eigenvalue weighted by Gasteiger charge is -2.06. The first kappa shape index (κ1) is 14.3. The fraction of sp³-hybridized carbons (Fsp3) is 0.235. The van der Waals surface area contributed by atoms with Gasteiger partial charge in [0.05, 0.1) is 6.54 Å². The Labute approximate surface area is 129 Å². The van der Waals surface area contributed by atoms with Crippen LogP contribution in [0.3, 0.4) is 0 Å². The SMILES string of the molecule is Cc1ccc(CCc2nnnn2Cc2ccc(N)cc2)cc1. The lowest BCUT2D eigenvalue weighted by atomic mass is 10.1. The van der Waals surface area contributed by atoms with Crippen LogP contribution in [0.5, 0.6) is 0 Å². The second-order valence-corrected chi connectivity index (χ2v) is 5.48. The smallest absolute Gasteiger partial charge is 0.151 e. The van der Waals surface area contributed by atoms with Crippen molar-refractivity contribution in [3.8, 4) is 0 Å². The molecule has 0 fully saturated rings. The maximum atomic E-state index is 5.71. The number of aryl methyl sites for hydroxylation is 3. The predicted molar refractivity (Wildman–Crippen MR) is 86.4 cm³/mol. The van der Waals surface area contributed by atoms with Gasteiger partial charge in [0.2, 0.25) is 0 Å². The number of nitrogens with zero attached hydrogens (tertiary/aromatic N) is 4. The average Bonchev–Trinajstić information content (AvgIpc) is 2.96. The Morgan fingerprint density at radius 3 is 2.32 bits per heavy atom. The molecule has 0 radical (unpaired) electrons. The summed E-state index contributed by atoms with van der Waals surface area (Å²) in [6, 6.07) is 16.4. The summed E-state index contributed by atoms with van der Waals surface area (Å²) >= 11 is 0. The Balaban J connectivity index is 1.66. The zero-order valence-electron chi connectivity index (χ0n) is 12.6. The highest BCUT2D eigenvalue weighted by molar-refractivity contribution is 5.39.